The largest absolute Gasteiger partial charge is 0.444 e. The molecule has 0 spiro atoms. The molecule has 1 heterocycles. The zero-order chi connectivity index (χ0) is 10.4. The summed E-state index contributed by atoms with van der Waals surface area (Å²) in [7, 11) is 0. The summed E-state index contributed by atoms with van der Waals surface area (Å²) in [5.74, 6) is 2.81. The average molecular weight is 213 g/mol. The van der Waals surface area contributed by atoms with Crippen LogP contribution >= 0.6 is 12.6 Å². The summed E-state index contributed by atoms with van der Waals surface area (Å²) in [6, 6.07) is 0. The summed E-state index contributed by atoms with van der Waals surface area (Å²) in [5, 5.41) is 3.14. The molecule has 1 unspecified atom stereocenters. The van der Waals surface area contributed by atoms with Crippen LogP contribution in [0.15, 0.2) is 0 Å². The van der Waals surface area contributed by atoms with Gasteiger partial charge in [0.25, 0.3) is 0 Å². The van der Waals surface area contributed by atoms with Crippen molar-refractivity contribution in [2.75, 3.05) is 18.8 Å². The maximum Gasteiger partial charge on any atom is 0.308 e. The van der Waals surface area contributed by atoms with Crippen molar-refractivity contribution in [1.82, 2.24) is 5.32 Å². The first kappa shape index (κ1) is 11.4. The Hall–Kier alpha value is -0.660. The topological polar surface area (TPSA) is 38.3 Å². The molecule has 1 atom stereocenters. The van der Waals surface area contributed by atoms with Crippen molar-refractivity contribution in [2.45, 2.75) is 24.9 Å². The number of piperidine rings is 1. The minimum absolute atomic E-state index is 0.262. The van der Waals surface area contributed by atoms with E-state index >= 15 is 0 Å². The molecule has 14 heavy (non-hydrogen) atoms. The van der Waals surface area contributed by atoms with Crippen molar-refractivity contribution >= 4 is 18.6 Å². The minimum atomic E-state index is -0.724. The van der Waals surface area contributed by atoms with Gasteiger partial charge >= 0.3 is 5.97 Å². The monoisotopic (exact) mass is 213 g/mol. The van der Waals surface area contributed by atoms with Crippen LogP contribution < -0.4 is 5.32 Å². The predicted molar refractivity (Wildman–Crippen MR) is 58.2 cm³/mol. The van der Waals surface area contributed by atoms with E-state index in [1.54, 1.807) is 0 Å². The van der Waals surface area contributed by atoms with Crippen LogP contribution in [-0.2, 0) is 9.53 Å². The maximum absolute atomic E-state index is 11.3. The summed E-state index contributed by atoms with van der Waals surface area (Å²) in [6.45, 7) is 1.50. The molecule has 0 aliphatic carbocycles. The van der Waals surface area contributed by atoms with Gasteiger partial charge in [-0.3, -0.25) is 4.79 Å². The van der Waals surface area contributed by atoms with Crippen LogP contribution in [0.25, 0.3) is 0 Å². The summed E-state index contributed by atoms with van der Waals surface area (Å²) >= 11 is 3.97. The van der Waals surface area contributed by atoms with Crippen LogP contribution in [0, 0.1) is 12.3 Å². The highest BCUT2D eigenvalue weighted by Crippen LogP contribution is 2.20. The van der Waals surface area contributed by atoms with Crippen LogP contribution in [-0.4, -0.2) is 30.4 Å². The molecule has 78 valence electrons. The van der Waals surface area contributed by atoms with Crippen molar-refractivity contribution in [2.24, 2.45) is 0 Å². The van der Waals surface area contributed by atoms with Gasteiger partial charge in [-0.25, -0.2) is 0 Å². The number of thiol groups is 1. The van der Waals surface area contributed by atoms with Crippen LogP contribution in [0.4, 0.5) is 0 Å². The van der Waals surface area contributed by atoms with Gasteiger partial charge in [0.1, 0.15) is 0 Å². The first-order chi connectivity index (χ1) is 6.72. The van der Waals surface area contributed by atoms with E-state index < -0.39 is 5.60 Å². The molecule has 1 fully saturated rings. The first-order valence-corrected chi connectivity index (χ1v) is 5.37. The predicted octanol–water partition coefficient (Wildman–Crippen LogP) is 0.605. The molecule has 0 aromatic carbocycles. The second-order valence-corrected chi connectivity index (χ2v) is 3.81. The Labute approximate surface area is 90.0 Å². The number of nitrogens with one attached hydrogen (secondary N) is 1. The van der Waals surface area contributed by atoms with E-state index in [1.807, 2.05) is 0 Å². The molecule has 0 radical (unpaired) electrons. The molecule has 0 aromatic heterocycles. The van der Waals surface area contributed by atoms with Crippen LogP contribution in [0.3, 0.4) is 0 Å². The Morgan fingerprint density at radius 2 is 2.50 bits per heavy atom. The van der Waals surface area contributed by atoms with E-state index in [-0.39, 0.29) is 5.97 Å². The molecule has 0 bridgehead atoms. The zero-order valence-corrected chi connectivity index (χ0v) is 8.98. The first-order valence-electron chi connectivity index (χ1n) is 4.74. The minimum Gasteiger partial charge on any atom is -0.444 e. The van der Waals surface area contributed by atoms with E-state index in [2.05, 4.69) is 23.9 Å². The second-order valence-electron chi connectivity index (χ2n) is 3.37. The lowest BCUT2D eigenvalue weighted by Gasteiger charge is -2.32. The molecule has 1 aliphatic rings. The number of carbonyl (C=O) groups is 1. The zero-order valence-electron chi connectivity index (χ0n) is 8.08. The maximum atomic E-state index is 11.3. The molecule has 0 amide bonds. The van der Waals surface area contributed by atoms with Crippen molar-refractivity contribution in [3.63, 3.8) is 0 Å². The van der Waals surface area contributed by atoms with Crippen molar-refractivity contribution in [3.05, 3.63) is 0 Å². The van der Waals surface area contributed by atoms with Crippen LogP contribution in [0.1, 0.15) is 19.3 Å². The highest BCUT2D eigenvalue weighted by Gasteiger charge is 2.33. The fourth-order valence-electron chi connectivity index (χ4n) is 1.48. The molecule has 4 heteroatoms. The third-order valence-electron chi connectivity index (χ3n) is 2.23. The molecular formula is C10H15NO2S. The summed E-state index contributed by atoms with van der Waals surface area (Å²) in [6.07, 6.45) is 7.40. The fraction of sp³-hybridized carbons (Fsp3) is 0.700. The van der Waals surface area contributed by atoms with E-state index in [0.717, 1.165) is 19.4 Å². The van der Waals surface area contributed by atoms with Gasteiger partial charge in [0.15, 0.2) is 5.60 Å². The van der Waals surface area contributed by atoms with E-state index in [9.17, 15) is 4.79 Å². The molecule has 1 saturated heterocycles. The normalized spacial score (nSPS) is 26.6. The Bertz CT molecular complexity index is 241. The quantitative estimate of drug-likeness (QED) is 0.410. The van der Waals surface area contributed by atoms with Gasteiger partial charge < -0.3 is 10.1 Å². The lowest BCUT2D eigenvalue weighted by molar-refractivity contribution is -0.155. The number of hydrogen-bond donors (Lipinski definition) is 2. The number of ether oxygens (including phenoxy) is 1. The van der Waals surface area contributed by atoms with Gasteiger partial charge in [-0.05, 0) is 13.0 Å². The lowest BCUT2D eigenvalue weighted by Crippen LogP contribution is -2.47. The highest BCUT2D eigenvalue weighted by atomic mass is 32.1. The standard InChI is InChI=1S/C10H15NO2S/c1-2-10(5-3-6-11-8-10)13-9(12)4-7-14/h1,11,14H,3-8H2. The van der Waals surface area contributed by atoms with E-state index in [4.69, 9.17) is 11.2 Å². The van der Waals surface area contributed by atoms with Gasteiger partial charge in [0, 0.05) is 18.7 Å². The van der Waals surface area contributed by atoms with Gasteiger partial charge in [-0.15, -0.1) is 6.42 Å². The van der Waals surface area contributed by atoms with E-state index in [1.165, 1.54) is 0 Å². The van der Waals surface area contributed by atoms with E-state index in [0.29, 0.717) is 18.7 Å². The Morgan fingerprint density at radius 1 is 1.71 bits per heavy atom. The SMILES string of the molecule is C#CC1(OC(=O)CCS)CCCNC1. The average Bonchev–Trinajstić information content (AvgIpc) is 2.19. The number of esters is 1. The highest BCUT2D eigenvalue weighted by molar-refractivity contribution is 7.80. The Kier molecular flexibility index (Phi) is 4.30. The third-order valence-corrected chi connectivity index (χ3v) is 2.46. The fourth-order valence-corrected chi connectivity index (χ4v) is 1.66. The molecular weight excluding hydrogens is 198 g/mol. The Morgan fingerprint density at radius 3 is 3.00 bits per heavy atom. The molecule has 0 saturated carbocycles. The molecule has 1 aliphatic heterocycles. The number of terminal acetylenes is 1. The lowest BCUT2D eigenvalue weighted by atomic mass is 9.95. The second kappa shape index (κ2) is 5.28. The third kappa shape index (κ3) is 2.93. The molecule has 0 aromatic rings. The van der Waals surface area contributed by atoms with Crippen molar-refractivity contribution in [1.29, 1.82) is 0 Å². The summed E-state index contributed by atoms with van der Waals surface area (Å²) in [5.41, 5.74) is -0.724. The number of rotatable bonds is 3. The number of hydrogen-bond acceptors (Lipinski definition) is 4. The Balaban J connectivity index is 2.52. The smallest absolute Gasteiger partial charge is 0.308 e. The van der Waals surface area contributed by atoms with Crippen molar-refractivity contribution in [3.8, 4) is 12.3 Å². The molecule has 1 N–H and O–H groups in total. The van der Waals surface area contributed by atoms with Crippen LogP contribution in [0.2, 0.25) is 0 Å². The van der Waals surface area contributed by atoms with Crippen molar-refractivity contribution < 1.29 is 9.53 Å². The van der Waals surface area contributed by atoms with Crippen LogP contribution in [0.5, 0.6) is 0 Å². The summed E-state index contributed by atoms with van der Waals surface area (Å²) in [4.78, 5) is 11.3. The van der Waals surface area contributed by atoms with Gasteiger partial charge in [0.05, 0.1) is 6.42 Å². The van der Waals surface area contributed by atoms with Gasteiger partial charge in [0.2, 0.25) is 0 Å². The van der Waals surface area contributed by atoms with Gasteiger partial charge in [-0.2, -0.15) is 12.6 Å². The summed E-state index contributed by atoms with van der Waals surface area (Å²) < 4.78 is 5.28. The molecule has 1 rings (SSSR count). The number of carbonyl (C=O) groups excluding carboxylic acids is 1. The molecule has 3 nitrogen and oxygen atoms in total. The van der Waals surface area contributed by atoms with Gasteiger partial charge in [-0.1, -0.05) is 5.92 Å².